The lowest BCUT2D eigenvalue weighted by Crippen LogP contribution is -2.41. The van der Waals surface area contributed by atoms with Crippen LogP contribution in [0.5, 0.6) is 0 Å². The van der Waals surface area contributed by atoms with Crippen molar-refractivity contribution in [1.29, 1.82) is 0 Å². The van der Waals surface area contributed by atoms with E-state index in [2.05, 4.69) is 15.5 Å². The van der Waals surface area contributed by atoms with Crippen molar-refractivity contribution in [2.24, 2.45) is 0 Å². The van der Waals surface area contributed by atoms with Crippen LogP contribution in [0.1, 0.15) is 44.6 Å². The minimum atomic E-state index is -0.114. The molecule has 0 radical (unpaired) electrons. The molecule has 5 nitrogen and oxygen atoms in total. The van der Waals surface area contributed by atoms with Crippen LogP contribution < -0.4 is 10.6 Å². The van der Waals surface area contributed by atoms with Crippen LogP contribution in [-0.4, -0.2) is 42.7 Å². The summed E-state index contributed by atoms with van der Waals surface area (Å²) in [6.07, 6.45) is 6.41. The molecule has 0 unspecified atom stereocenters. The van der Waals surface area contributed by atoms with E-state index in [0.717, 1.165) is 36.8 Å². The summed E-state index contributed by atoms with van der Waals surface area (Å²) in [6, 6.07) is 8.69. The molecule has 1 atom stereocenters. The number of benzene rings is 1. The number of nitrogens with one attached hydrogen (secondary N) is 2. The van der Waals surface area contributed by atoms with Crippen molar-refractivity contribution in [3.05, 3.63) is 29.8 Å². The molecule has 1 aliphatic carbocycles. The maximum atomic E-state index is 12.3. The second-order valence-corrected chi connectivity index (χ2v) is 6.81. The minimum Gasteiger partial charge on any atom is -0.377 e. The molecule has 0 bridgehead atoms. The number of ether oxygens (including phenoxy) is 1. The molecule has 0 aromatic heterocycles. The average molecular weight is 331 g/mol. The van der Waals surface area contributed by atoms with Crippen molar-refractivity contribution >= 4 is 11.7 Å². The molecule has 2 amide bonds. The Labute approximate surface area is 144 Å². The molecule has 132 valence electrons. The SMILES string of the molecule is CCOCc1ccccc1NC(=O)N[C@H]1CCN(C2CCCC2)C1. The number of urea groups is 1. The zero-order chi connectivity index (χ0) is 16.8. The van der Waals surface area contributed by atoms with E-state index in [1.165, 1.54) is 25.7 Å². The Kier molecular flexibility index (Phi) is 6.10. The highest BCUT2D eigenvalue weighted by Gasteiger charge is 2.30. The molecule has 5 heteroatoms. The number of anilines is 1. The van der Waals surface area contributed by atoms with Crippen LogP contribution in [-0.2, 0) is 11.3 Å². The quantitative estimate of drug-likeness (QED) is 0.840. The normalized spacial score (nSPS) is 22.0. The summed E-state index contributed by atoms with van der Waals surface area (Å²) in [5.74, 6) is 0. The number of carbonyl (C=O) groups excluding carboxylic acids is 1. The Morgan fingerprint density at radius 3 is 2.83 bits per heavy atom. The molecular weight excluding hydrogens is 302 g/mol. The first-order valence-electron chi connectivity index (χ1n) is 9.23. The van der Waals surface area contributed by atoms with Gasteiger partial charge < -0.3 is 15.4 Å². The molecule has 24 heavy (non-hydrogen) atoms. The molecule has 3 rings (SSSR count). The van der Waals surface area contributed by atoms with Gasteiger partial charge in [0.05, 0.1) is 6.61 Å². The predicted octanol–water partition coefficient (Wildman–Crippen LogP) is 3.36. The summed E-state index contributed by atoms with van der Waals surface area (Å²) in [4.78, 5) is 14.9. The number of para-hydroxylation sites is 1. The highest BCUT2D eigenvalue weighted by atomic mass is 16.5. The van der Waals surface area contributed by atoms with Gasteiger partial charge in [0.2, 0.25) is 0 Å². The minimum absolute atomic E-state index is 0.114. The largest absolute Gasteiger partial charge is 0.377 e. The number of nitrogens with zero attached hydrogens (tertiary/aromatic N) is 1. The van der Waals surface area contributed by atoms with Crippen LogP contribution in [0.25, 0.3) is 0 Å². The van der Waals surface area contributed by atoms with Gasteiger partial charge in [-0.05, 0) is 32.3 Å². The fraction of sp³-hybridized carbons (Fsp3) is 0.632. The monoisotopic (exact) mass is 331 g/mol. The van der Waals surface area contributed by atoms with E-state index in [1.807, 2.05) is 31.2 Å². The molecule has 2 fully saturated rings. The van der Waals surface area contributed by atoms with Gasteiger partial charge in [-0.1, -0.05) is 31.0 Å². The van der Waals surface area contributed by atoms with Crippen molar-refractivity contribution in [2.75, 3.05) is 25.0 Å². The number of carbonyl (C=O) groups is 1. The summed E-state index contributed by atoms with van der Waals surface area (Å²) in [5.41, 5.74) is 1.84. The number of hydrogen-bond donors (Lipinski definition) is 2. The number of likely N-dealkylation sites (tertiary alicyclic amines) is 1. The van der Waals surface area contributed by atoms with E-state index in [-0.39, 0.29) is 12.1 Å². The van der Waals surface area contributed by atoms with Crippen molar-refractivity contribution in [3.8, 4) is 0 Å². The lowest BCUT2D eigenvalue weighted by atomic mass is 10.2. The number of hydrogen-bond acceptors (Lipinski definition) is 3. The van der Waals surface area contributed by atoms with Crippen molar-refractivity contribution < 1.29 is 9.53 Å². The molecule has 1 aliphatic heterocycles. The third-order valence-electron chi connectivity index (χ3n) is 5.12. The molecule has 2 N–H and O–H groups in total. The van der Waals surface area contributed by atoms with E-state index in [0.29, 0.717) is 13.2 Å². The summed E-state index contributed by atoms with van der Waals surface area (Å²) >= 11 is 0. The fourth-order valence-corrected chi connectivity index (χ4v) is 3.83. The average Bonchev–Trinajstić information content (AvgIpc) is 3.25. The maximum absolute atomic E-state index is 12.3. The van der Waals surface area contributed by atoms with Crippen LogP contribution in [0.15, 0.2) is 24.3 Å². The van der Waals surface area contributed by atoms with Gasteiger partial charge in [-0.15, -0.1) is 0 Å². The highest BCUT2D eigenvalue weighted by Crippen LogP contribution is 2.26. The Balaban J connectivity index is 1.49. The molecule has 1 aromatic rings. The van der Waals surface area contributed by atoms with Crippen LogP contribution in [0, 0.1) is 0 Å². The van der Waals surface area contributed by atoms with Crippen LogP contribution in [0.4, 0.5) is 10.5 Å². The molecule has 1 heterocycles. The lowest BCUT2D eigenvalue weighted by molar-refractivity contribution is 0.134. The summed E-state index contributed by atoms with van der Waals surface area (Å²) in [5, 5.41) is 6.11. The van der Waals surface area contributed by atoms with E-state index in [1.54, 1.807) is 0 Å². The molecule has 0 spiro atoms. The topological polar surface area (TPSA) is 53.6 Å². The summed E-state index contributed by atoms with van der Waals surface area (Å²) in [7, 11) is 0. The van der Waals surface area contributed by atoms with Crippen LogP contribution in [0.3, 0.4) is 0 Å². The summed E-state index contributed by atoms with van der Waals surface area (Å²) in [6.45, 7) is 5.25. The lowest BCUT2D eigenvalue weighted by Gasteiger charge is -2.23. The second kappa shape index (κ2) is 8.49. The van der Waals surface area contributed by atoms with E-state index >= 15 is 0 Å². The van der Waals surface area contributed by atoms with Gasteiger partial charge in [-0.25, -0.2) is 4.79 Å². The third-order valence-corrected chi connectivity index (χ3v) is 5.12. The van der Waals surface area contributed by atoms with Gasteiger partial charge >= 0.3 is 6.03 Å². The van der Waals surface area contributed by atoms with E-state index in [4.69, 9.17) is 4.74 Å². The van der Waals surface area contributed by atoms with Gasteiger partial charge in [0.25, 0.3) is 0 Å². The molecular formula is C19H29N3O2. The van der Waals surface area contributed by atoms with Crippen LogP contribution >= 0.6 is 0 Å². The Bertz CT molecular complexity index is 543. The first-order chi connectivity index (χ1) is 11.8. The molecule has 2 aliphatic rings. The Morgan fingerprint density at radius 2 is 2.04 bits per heavy atom. The summed E-state index contributed by atoms with van der Waals surface area (Å²) < 4.78 is 5.47. The molecule has 1 aromatic carbocycles. The highest BCUT2D eigenvalue weighted by molar-refractivity contribution is 5.90. The maximum Gasteiger partial charge on any atom is 0.319 e. The fourth-order valence-electron chi connectivity index (χ4n) is 3.83. The van der Waals surface area contributed by atoms with E-state index < -0.39 is 0 Å². The first-order valence-corrected chi connectivity index (χ1v) is 9.23. The first kappa shape index (κ1) is 17.2. The van der Waals surface area contributed by atoms with E-state index in [9.17, 15) is 4.79 Å². The van der Waals surface area contributed by atoms with Gasteiger partial charge in [-0.2, -0.15) is 0 Å². The van der Waals surface area contributed by atoms with Gasteiger partial charge in [0.1, 0.15) is 0 Å². The predicted molar refractivity (Wildman–Crippen MR) is 96.2 cm³/mol. The van der Waals surface area contributed by atoms with Crippen molar-refractivity contribution in [2.45, 2.75) is 57.7 Å². The Hall–Kier alpha value is -1.59. The van der Waals surface area contributed by atoms with Gasteiger partial charge in [0, 0.05) is 43.0 Å². The Morgan fingerprint density at radius 1 is 1.25 bits per heavy atom. The van der Waals surface area contributed by atoms with Crippen molar-refractivity contribution in [3.63, 3.8) is 0 Å². The molecule has 1 saturated heterocycles. The van der Waals surface area contributed by atoms with Gasteiger partial charge in [0.15, 0.2) is 0 Å². The third kappa shape index (κ3) is 4.48. The zero-order valence-electron chi connectivity index (χ0n) is 14.6. The van der Waals surface area contributed by atoms with Crippen LogP contribution in [0.2, 0.25) is 0 Å². The number of rotatable bonds is 6. The number of amides is 2. The van der Waals surface area contributed by atoms with Gasteiger partial charge in [-0.3, -0.25) is 4.90 Å². The smallest absolute Gasteiger partial charge is 0.319 e. The standard InChI is InChI=1S/C19H29N3O2/c1-2-24-14-15-7-3-6-10-18(15)21-19(23)20-16-11-12-22(13-16)17-8-4-5-9-17/h3,6-7,10,16-17H,2,4-5,8-9,11-14H2,1H3,(H2,20,21,23)/t16-/m0/s1. The van der Waals surface area contributed by atoms with Crippen molar-refractivity contribution in [1.82, 2.24) is 10.2 Å². The zero-order valence-corrected chi connectivity index (χ0v) is 14.6. The molecule has 1 saturated carbocycles. The second-order valence-electron chi connectivity index (χ2n) is 6.81.